The van der Waals surface area contributed by atoms with Crippen LogP contribution in [0.1, 0.15) is 36.3 Å². The zero-order chi connectivity index (χ0) is 19.5. The number of anilines is 1. The van der Waals surface area contributed by atoms with Crippen molar-refractivity contribution in [3.05, 3.63) is 71.5 Å². The Morgan fingerprint density at radius 1 is 1.18 bits per heavy atom. The van der Waals surface area contributed by atoms with Crippen molar-refractivity contribution in [2.75, 3.05) is 10.7 Å². The Bertz CT molecular complexity index is 972. The number of amides is 1. The predicted octanol–water partition coefficient (Wildman–Crippen LogP) is 3.94. The molecule has 1 aromatic heterocycles. The van der Waals surface area contributed by atoms with Gasteiger partial charge >= 0.3 is 0 Å². The third-order valence-corrected chi connectivity index (χ3v) is 5.90. The Morgan fingerprint density at radius 2 is 2.00 bits per heavy atom. The molecule has 3 aromatic rings. The molecule has 0 radical (unpaired) electrons. The molecular formula is C21H23N5OS. The van der Waals surface area contributed by atoms with E-state index in [2.05, 4.69) is 27.9 Å². The fourth-order valence-corrected chi connectivity index (χ4v) is 4.43. The van der Waals surface area contributed by atoms with Crippen molar-refractivity contribution in [3.63, 3.8) is 0 Å². The molecule has 2 atom stereocenters. The van der Waals surface area contributed by atoms with Gasteiger partial charge in [-0.2, -0.15) is 0 Å². The van der Waals surface area contributed by atoms with E-state index in [1.807, 2.05) is 66.2 Å². The highest BCUT2D eigenvalue weighted by Gasteiger charge is 2.37. The Balaban J connectivity index is 1.65. The molecule has 0 spiro atoms. The summed E-state index contributed by atoms with van der Waals surface area (Å²) in [5, 5.41) is 12.0. The van der Waals surface area contributed by atoms with Crippen molar-refractivity contribution in [3.8, 4) is 0 Å². The molecule has 1 amide bonds. The summed E-state index contributed by atoms with van der Waals surface area (Å²) in [7, 11) is 0. The minimum Gasteiger partial charge on any atom is -0.325 e. The molecule has 0 bridgehead atoms. The normalized spacial score (nSPS) is 18.2. The molecule has 0 unspecified atom stereocenters. The first kappa shape index (κ1) is 18.6. The molecule has 0 aliphatic carbocycles. The molecule has 0 saturated heterocycles. The van der Waals surface area contributed by atoms with Crippen molar-refractivity contribution in [1.29, 1.82) is 0 Å². The van der Waals surface area contributed by atoms with Crippen LogP contribution in [0.5, 0.6) is 0 Å². The summed E-state index contributed by atoms with van der Waals surface area (Å²) in [5.41, 5.74) is 6.45. The summed E-state index contributed by atoms with van der Waals surface area (Å²) in [5.74, 6) is 0.840. The maximum atomic E-state index is 13.2. The number of rotatable bonds is 5. The summed E-state index contributed by atoms with van der Waals surface area (Å²) in [6, 6.07) is 17.7. The summed E-state index contributed by atoms with van der Waals surface area (Å²) in [6.45, 7) is 4.13. The molecule has 1 aliphatic rings. The van der Waals surface area contributed by atoms with Crippen LogP contribution < -0.4 is 10.7 Å². The smallest absolute Gasteiger partial charge is 0.240 e. The van der Waals surface area contributed by atoms with Gasteiger partial charge in [-0.15, -0.1) is 10.2 Å². The number of benzene rings is 2. The van der Waals surface area contributed by atoms with Gasteiger partial charge in [0.25, 0.3) is 0 Å². The van der Waals surface area contributed by atoms with Crippen molar-refractivity contribution in [2.24, 2.45) is 0 Å². The molecular weight excluding hydrogens is 370 g/mol. The largest absolute Gasteiger partial charge is 0.325 e. The number of aromatic nitrogens is 3. The van der Waals surface area contributed by atoms with Gasteiger partial charge in [-0.1, -0.05) is 61.2 Å². The monoisotopic (exact) mass is 393 g/mol. The van der Waals surface area contributed by atoms with E-state index in [0.717, 1.165) is 40.6 Å². The average Bonchev–Trinajstić information content (AvgIpc) is 3.10. The van der Waals surface area contributed by atoms with Gasteiger partial charge in [0.1, 0.15) is 5.25 Å². The first-order valence-electron chi connectivity index (χ1n) is 9.45. The van der Waals surface area contributed by atoms with E-state index < -0.39 is 0 Å². The minimum absolute atomic E-state index is 0.0526. The number of thioether (sulfide) groups is 1. The number of hydrogen-bond acceptors (Lipinski definition) is 5. The number of fused-ring (bicyclic) bond motifs is 1. The molecule has 2 N–H and O–H groups in total. The van der Waals surface area contributed by atoms with E-state index in [-0.39, 0.29) is 17.2 Å². The predicted molar refractivity (Wildman–Crippen MR) is 112 cm³/mol. The quantitative estimate of drug-likeness (QED) is 0.687. The molecule has 1 aliphatic heterocycles. The molecule has 6 nitrogen and oxygen atoms in total. The van der Waals surface area contributed by atoms with Crippen molar-refractivity contribution >= 4 is 23.4 Å². The number of nitrogens with zero attached hydrogens (tertiary/aromatic N) is 3. The van der Waals surface area contributed by atoms with E-state index in [4.69, 9.17) is 0 Å². The van der Waals surface area contributed by atoms with Gasteiger partial charge in [-0.05, 0) is 36.6 Å². The molecule has 144 valence electrons. The SMILES string of the molecule is CCCc1nnc2n1N[C@H](c1ccccc1)[C@H](C(=O)Nc1cccc(C)c1)S2. The molecule has 2 heterocycles. The van der Waals surface area contributed by atoms with Crippen LogP contribution in [0.3, 0.4) is 0 Å². The van der Waals surface area contributed by atoms with Gasteiger partial charge in [0.2, 0.25) is 11.1 Å². The number of hydrogen-bond donors (Lipinski definition) is 2. The fourth-order valence-electron chi connectivity index (χ4n) is 3.33. The van der Waals surface area contributed by atoms with Crippen molar-refractivity contribution in [2.45, 2.75) is 43.1 Å². The number of carbonyl (C=O) groups is 1. The fraction of sp³-hybridized carbons (Fsp3) is 0.286. The molecule has 4 rings (SSSR count). The van der Waals surface area contributed by atoms with Crippen LogP contribution in [0.25, 0.3) is 0 Å². The Morgan fingerprint density at radius 3 is 2.75 bits per heavy atom. The average molecular weight is 394 g/mol. The van der Waals surface area contributed by atoms with E-state index in [9.17, 15) is 4.79 Å². The van der Waals surface area contributed by atoms with E-state index in [0.29, 0.717) is 0 Å². The van der Waals surface area contributed by atoms with Crippen LogP contribution in [0.15, 0.2) is 59.8 Å². The van der Waals surface area contributed by atoms with Crippen LogP contribution >= 0.6 is 11.8 Å². The standard InChI is InChI=1S/C21H23N5OS/c1-3-8-17-23-24-21-26(17)25-18(15-10-5-4-6-11-15)19(28-21)20(27)22-16-12-7-9-14(2)13-16/h4-7,9-13,18-19,25H,3,8H2,1-2H3,(H,22,27)/t18-,19-/m1/s1. The Kier molecular flexibility index (Phi) is 5.34. The lowest BCUT2D eigenvalue weighted by Gasteiger charge is -2.33. The van der Waals surface area contributed by atoms with E-state index in [1.165, 1.54) is 11.8 Å². The minimum atomic E-state index is -0.367. The Labute approximate surface area is 168 Å². The van der Waals surface area contributed by atoms with Crippen molar-refractivity contribution in [1.82, 2.24) is 14.9 Å². The number of carbonyl (C=O) groups excluding carboxylic acids is 1. The lowest BCUT2D eigenvalue weighted by molar-refractivity contribution is -0.116. The lowest BCUT2D eigenvalue weighted by atomic mass is 10.0. The third-order valence-electron chi connectivity index (χ3n) is 4.68. The van der Waals surface area contributed by atoms with Crippen LogP contribution in [0, 0.1) is 6.92 Å². The van der Waals surface area contributed by atoms with Crippen LogP contribution in [-0.2, 0) is 11.2 Å². The molecule has 2 aromatic carbocycles. The van der Waals surface area contributed by atoms with Gasteiger partial charge in [0, 0.05) is 12.1 Å². The van der Waals surface area contributed by atoms with E-state index >= 15 is 0 Å². The van der Waals surface area contributed by atoms with Crippen LogP contribution in [0.4, 0.5) is 5.69 Å². The van der Waals surface area contributed by atoms with Crippen LogP contribution in [0.2, 0.25) is 0 Å². The maximum Gasteiger partial charge on any atom is 0.240 e. The summed E-state index contributed by atoms with van der Waals surface area (Å²) < 4.78 is 1.93. The molecule has 0 saturated carbocycles. The molecule has 0 fully saturated rings. The highest BCUT2D eigenvalue weighted by molar-refractivity contribution is 8.00. The summed E-state index contributed by atoms with van der Waals surface area (Å²) >= 11 is 1.45. The number of nitrogens with one attached hydrogen (secondary N) is 2. The lowest BCUT2D eigenvalue weighted by Crippen LogP contribution is -2.41. The summed E-state index contributed by atoms with van der Waals surface area (Å²) in [6.07, 6.45) is 1.82. The van der Waals surface area contributed by atoms with Crippen LogP contribution in [-0.4, -0.2) is 26.0 Å². The highest BCUT2D eigenvalue weighted by atomic mass is 32.2. The van der Waals surface area contributed by atoms with Gasteiger partial charge in [-0.25, -0.2) is 4.68 Å². The van der Waals surface area contributed by atoms with Crippen molar-refractivity contribution < 1.29 is 4.79 Å². The van der Waals surface area contributed by atoms with Gasteiger partial charge in [0.05, 0.1) is 6.04 Å². The second-order valence-electron chi connectivity index (χ2n) is 6.90. The van der Waals surface area contributed by atoms with Gasteiger partial charge in [-0.3, -0.25) is 4.79 Å². The number of aryl methyl sites for hydroxylation is 2. The first-order chi connectivity index (χ1) is 13.7. The summed E-state index contributed by atoms with van der Waals surface area (Å²) in [4.78, 5) is 13.2. The molecule has 7 heteroatoms. The maximum absolute atomic E-state index is 13.2. The second kappa shape index (κ2) is 8.06. The second-order valence-corrected chi connectivity index (χ2v) is 8.01. The first-order valence-corrected chi connectivity index (χ1v) is 10.3. The van der Waals surface area contributed by atoms with E-state index in [1.54, 1.807) is 0 Å². The molecule has 28 heavy (non-hydrogen) atoms. The van der Waals surface area contributed by atoms with Gasteiger partial charge in [0.15, 0.2) is 5.82 Å². The zero-order valence-corrected chi connectivity index (χ0v) is 16.7. The highest BCUT2D eigenvalue weighted by Crippen LogP contribution is 2.37. The topological polar surface area (TPSA) is 71.8 Å². The third kappa shape index (κ3) is 3.75. The zero-order valence-electron chi connectivity index (χ0n) is 15.9. The van der Waals surface area contributed by atoms with Gasteiger partial charge < -0.3 is 10.7 Å². The Hall–Kier alpha value is -2.80.